The molecule has 1 fully saturated rings. The number of allylic oxidation sites excluding steroid dienone is 3. The first kappa shape index (κ1) is 22.4. The Labute approximate surface area is 188 Å². The molecule has 0 radical (unpaired) electrons. The molecule has 172 valence electrons. The molecule has 4 rings (SSSR count). The molecule has 1 aliphatic heterocycles. The molecule has 2 aliphatic rings. The van der Waals surface area contributed by atoms with Gasteiger partial charge in [0.15, 0.2) is 17.3 Å². The van der Waals surface area contributed by atoms with E-state index in [0.29, 0.717) is 12.1 Å². The lowest BCUT2D eigenvalue weighted by molar-refractivity contribution is -0.0262. The molecule has 0 bridgehead atoms. The van der Waals surface area contributed by atoms with Crippen LogP contribution in [-0.2, 0) is 0 Å². The largest absolute Gasteiger partial charge is 0.491 e. The number of aromatic nitrogens is 2. The van der Waals surface area contributed by atoms with Crippen LogP contribution in [0.25, 0.3) is 5.69 Å². The summed E-state index contributed by atoms with van der Waals surface area (Å²) < 4.78 is 47.6. The third-order valence-electron chi connectivity index (χ3n) is 5.25. The van der Waals surface area contributed by atoms with Gasteiger partial charge in [0.05, 0.1) is 38.1 Å². The van der Waals surface area contributed by atoms with Crippen LogP contribution in [0.1, 0.15) is 12.1 Å². The molecule has 2 aromatic rings. The highest BCUT2D eigenvalue weighted by molar-refractivity contribution is 6.07. The standard InChI is InChI=1S/C23H22F3N5O2/c1-33-20-12-31(19-8-7-16(11-17(19)24)30-13-23(25,26)14-30)29-21(22(20)32)18(9-10-27)28-15-5-3-2-4-6-15/h2-5,7-12,15H,6,13-14,27H2,1H3. The van der Waals surface area contributed by atoms with Crippen molar-refractivity contribution in [1.29, 1.82) is 0 Å². The van der Waals surface area contributed by atoms with Crippen LogP contribution in [0, 0.1) is 5.82 Å². The van der Waals surface area contributed by atoms with Gasteiger partial charge in [-0.25, -0.2) is 17.9 Å². The Hall–Kier alpha value is -3.82. The number of hydrogen-bond acceptors (Lipinski definition) is 6. The number of halogens is 3. The molecular formula is C23H22F3N5O2. The van der Waals surface area contributed by atoms with Gasteiger partial charge < -0.3 is 15.4 Å². The molecule has 1 aliphatic carbocycles. The van der Waals surface area contributed by atoms with Crippen LogP contribution < -0.4 is 20.8 Å². The normalized spacial score (nSPS) is 19.7. The van der Waals surface area contributed by atoms with Crippen molar-refractivity contribution in [1.82, 2.24) is 9.78 Å². The van der Waals surface area contributed by atoms with Crippen LogP contribution in [0.4, 0.5) is 18.9 Å². The fourth-order valence-corrected chi connectivity index (χ4v) is 3.59. The minimum Gasteiger partial charge on any atom is -0.491 e. The summed E-state index contributed by atoms with van der Waals surface area (Å²) in [6, 6.07) is 3.87. The molecular weight excluding hydrogens is 435 g/mol. The van der Waals surface area contributed by atoms with Crippen molar-refractivity contribution in [2.24, 2.45) is 10.7 Å². The third-order valence-corrected chi connectivity index (χ3v) is 5.25. The fourth-order valence-electron chi connectivity index (χ4n) is 3.59. The maximum absolute atomic E-state index is 15.0. The number of nitrogens with zero attached hydrogens (tertiary/aromatic N) is 4. The highest BCUT2D eigenvalue weighted by Gasteiger charge is 2.44. The lowest BCUT2D eigenvalue weighted by Gasteiger charge is -2.40. The van der Waals surface area contributed by atoms with E-state index in [1.165, 1.54) is 42.6 Å². The Morgan fingerprint density at radius 3 is 2.73 bits per heavy atom. The summed E-state index contributed by atoms with van der Waals surface area (Å²) in [5.41, 5.74) is 5.55. The fraction of sp³-hybridized carbons (Fsp3) is 0.261. The summed E-state index contributed by atoms with van der Waals surface area (Å²) in [6.45, 7) is -0.924. The SMILES string of the molecule is COc1cn(-c2ccc(N3CC(F)(F)C3)cc2F)nc(C(C=CN)=NC2C=CC=CC2)c1=O. The summed E-state index contributed by atoms with van der Waals surface area (Å²) in [4.78, 5) is 18.9. The van der Waals surface area contributed by atoms with E-state index in [1.807, 2.05) is 24.3 Å². The maximum atomic E-state index is 15.0. The molecule has 2 heterocycles. The number of rotatable bonds is 6. The van der Waals surface area contributed by atoms with Gasteiger partial charge in [-0.3, -0.25) is 9.79 Å². The molecule has 33 heavy (non-hydrogen) atoms. The molecule has 0 saturated carbocycles. The molecule has 10 heteroatoms. The summed E-state index contributed by atoms with van der Waals surface area (Å²) in [6.07, 6.45) is 12.2. The second-order valence-corrected chi connectivity index (χ2v) is 7.66. The molecule has 1 saturated heterocycles. The number of alkyl halides is 2. The van der Waals surface area contributed by atoms with Crippen molar-refractivity contribution in [3.05, 3.63) is 82.7 Å². The zero-order chi connectivity index (χ0) is 23.6. The Morgan fingerprint density at radius 1 is 1.33 bits per heavy atom. The molecule has 1 aromatic heterocycles. The van der Waals surface area contributed by atoms with Crippen molar-refractivity contribution in [2.45, 2.75) is 18.4 Å². The van der Waals surface area contributed by atoms with Gasteiger partial charge in [0.1, 0.15) is 5.69 Å². The number of ether oxygens (including phenoxy) is 1. The van der Waals surface area contributed by atoms with Crippen molar-refractivity contribution in [3.63, 3.8) is 0 Å². The summed E-state index contributed by atoms with van der Waals surface area (Å²) in [5, 5.41) is 4.30. The van der Waals surface area contributed by atoms with Gasteiger partial charge in [-0.05, 0) is 36.9 Å². The molecule has 1 atom stereocenters. The van der Waals surface area contributed by atoms with Crippen LogP contribution in [-0.4, -0.2) is 47.7 Å². The van der Waals surface area contributed by atoms with Gasteiger partial charge in [-0.1, -0.05) is 24.3 Å². The van der Waals surface area contributed by atoms with Gasteiger partial charge in [-0.15, -0.1) is 0 Å². The van der Waals surface area contributed by atoms with E-state index in [2.05, 4.69) is 10.1 Å². The zero-order valence-corrected chi connectivity index (χ0v) is 17.8. The van der Waals surface area contributed by atoms with E-state index < -0.39 is 30.3 Å². The van der Waals surface area contributed by atoms with Crippen molar-refractivity contribution in [3.8, 4) is 11.4 Å². The van der Waals surface area contributed by atoms with E-state index in [1.54, 1.807) is 0 Å². The van der Waals surface area contributed by atoms with Crippen molar-refractivity contribution in [2.75, 3.05) is 25.1 Å². The van der Waals surface area contributed by atoms with Gasteiger partial charge in [0.25, 0.3) is 11.4 Å². The number of anilines is 1. The summed E-state index contributed by atoms with van der Waals surface area (Å²) >= 11 is 0. The molecule has 1 unspecified atom stereocenters. The zero-order valence-electron chi connectivity index (χ0n) is 17.8. The van der Waals surface area contributed by atoms with E-state index in [9.17, 15) is 18.0 Å². The topological polar surface area (TPSA) is 85.7 Å². The van der Waals surface area contributed by atoms with E-state index in [4.69, 9.17) is 10.5 Å². The van der Waals surface area contributed by atoms with E-state index in [-0.39, 0.29) is 28.9 Å². The lowest BCUT2D eigenvalue weighted by atomic mass is 10.1. The predicted molar refractivity (Wildman–Crippen MR) is 120 cm³/mol. The van der Waals surface area contributed by atoms with Crippen LogP contribution in [0.15, 0.2) is 70.8 Å². The second-order valence-electron chi connectivity index (χ2n) is 7.66. The minimum absolute atomic E-state index is 0.0159. The predicted octanol–water partition coefficient (Wildman–Crippen LogP) is 2.98. The van der Waals surface area contributed by atoms with E-state index >= 15 is 0 Å². The summed E-state index contributed by atoms with van der Waals surface area (Å²) in [7, 11) is 1.32. The van der Waals surface area contributed by atoms with Gasteiger partial charge in [0, 0.05) is 5.69 Å². The second kappa shape index (κ2) is 8.97. The van der Waals surface area contributed by atoms with Crippen molar-refractivity contribution < 1.29 is 17.9 Å². The molecule has 0 spiro atoms. The van der Waals surface area contributed by atoms with Gasteiger partial charge in [-0.2, -0.15) is 5.10 Å². The van der Waals surface area contributed by atoms with Gasteiger partial charge in [0.2, 0.25) is 0 Å². The number of hydrogen-bond donors (Lipinski definition) is 1. The number of methoxy groups -OCH3 is 1. The first-order chi connectivity index (χ1) is 15.8. The molecule has 1 aromatic carbocycles. The Bertz CT molecular complexity index is 1230. The van der Waals surface area contributed by atoms with E-state index in [0.717, 1.165) is 10.7 Å². The first-order valence-corrected chi connectivity index (χ1v) is 10.2. The monoisotopic (exact) mass is 457 g/mol. The van der Waals surface area contributed by atoms with Crippen LogP contribution in [0.3, 0.4) is 0 Å². The highest BCUT2D eigenvalue weighted by Crippen LogP contribution is 2.33. The smallest absolute Gasteiger partial charge is 0.282 e. The average molecular weight is 457 g/mol. The molecule has 0 amide bonds. The minimum atomic E-state index is -2.77. The van der Waals surface area contributed by atoms with Crippen LogP contribution >= 0.6 is 0 Å². The van der Waals surface area contributed by atoms with Crippen LogP contribution in [0.5, 0.6) is 5.75 Å². The maximum Gasteiger partial charge on any atom is 0.282 e. The highest BCUT2D eigenvalue weighted by atomic mass is 19.3. The number of aliphatic imine (C=N–C) groups is 1. The van der Waals surface area contributed by atoms with Crippen LogP contribution in [0.2, 0.25) is 0 Å². The molecule has 7 nitrogen and oxygen atoms in total. The number of benzene rings is 1. The van der Waals surface area contributed by atoms with Gasteiger partial charge >= 0.3 is 0 Å². The Kier molecular flexibility index (Phi) is 6.08. The lowest BCUT2D eigenvalue weighted by Crippen LogP contribution is -2.56. The first-order valence-electron chi connectivity index (χ1n) is 10.2. The third kappa shape index (κ3) is 4.69. The Morgan fingerprint density at radius 2 is 2.12 bits per heavy atom. The average Bonchev–Trinajstić information content (AvgIpc) is 2.78. The Balaban J connectivity index is 1.75. The van der Waals surface area contributed by atoms with Crippen molar-refractivity contribution >= 4 is 11.4 Å². The number of nitrogens with two attached hydrogens (primary N) is 1. The summed E-state index contributed by atoms with van der Waals surface area (Å²) in [5.74, 6) is -3.53. The quantitative estimate of drug-likeness (QED) is 0.675. The molecule has 2 N–H and O–H groups in total.